The number of hydrogen-bond acceptors (Lipinski definition) is 3. The Morgan fingerprint density at radius 2 is 1.82 bits per heavy atom. The summed E-state index contributed by atoms with van der Waals surface area (Å²) in [5.74, 6) is -0.0369. The van der Waals surface area contributed by atoms with Crippen molar-refractivity contribution in [1.29, 1.82) is 0 Å². The van der Waals surface area contributed by atoms with E-state index in [9.17, 15) is 4.79 Å². The number of carbonyl (C=O) groups is 1. The van der Waals surface area contributed by atoms with Crippen LogP contribution >= 0.6 is 24.0 Å². The predicted octanol–water partition coefficient (Wildman–Crippen LogP) is 3.36. The monoisotopic (exact) mass is 347 g/mol. The predicted molar refractivity (Wildman–Crippen MR) is 97.2 cm³/mol. The highest BCUT2D eigenvalue weighted by molar-refractivity contribution is 6.33. The zero-order valence-corrected chi connectivity index (χ0v) is 15.4. The molecule has 126 valence electrons. The Hall–Kier alpha value is -0.810. The molecule has 1 unspecified atom stereocenters. The molecule has 1 aromatic rings. The van der Waals surface area contributed by atoms with Crippen LogP contribution in [0.15, 0.2) is 24.3 Å². The molecule has 0 spiro atoms. The van der Waals surface area contributed by atoms with Crippen molar-refractivity contribution in [3.8, 4) is 0 Å². The number of benzene rings is 1. The van der Waals surface area contributed by atoms with Gasteiger partial charge in [-0.3, -0.25) is 9.69 Å². The Balaban J connectivity index is 0.00000441. The number of nitrogens with zero attached hydrogens (tertiary/aromatic N) is 2. The first-order valence-corrected chi connectivity index (χ1v) is 7.85. The van der Waals surface area contributed by atoms with E-state index in [-0.39, 0.29) is 24.4 Å². The number of amides is 1. The number of halogens is 2. The molecule has 1 atom stereocenters. The average Bonchev–Trinajstić information content (AvgIpc) is 2.49. The molecule has 0 saturated carbocycles. The van der Waals surface area contributed by atoms with Crippen molar-refractivity contribution in [3.05, 3.63) is 29.3 Å². The lowest BCUT2D eigenvalue weighted by molar-refractivity contribution is -0.120. The lowest BCUT2D eigenvalue weighted by atomic mass is 10.2. The van der Waals surface area contributed by atoms with Gasteiger partial charge >= 0.3 is 0 Å². The summed E-state index contributed by atoms with van der Waals surface area (Å²) in [4.78, 5) is 16.7. The van der Waals surface area contributed by atoms with Gasteiger partial charge in [-0.2, -0.15) is 0 Å². The molecule has 22 heavy (non-hydrogen) atoms. The summed E-state index contributed by atoms with van der Waals surface area (Å²) in [7, 11) is 1.97. The van der Waals surface area contributed by atoms with Crippen LogP contribution in [-0.2, 0) is 4.79 Å². The summed E-state index contributed by atoms with van der Waals surface area (Å²) < 4.78 is 0. The van der Waals surface area contributed by atoms with E-state index in [1.165, 1.54) is 0 Å². The molecule has 1 N–H and O–H groups in total. The van der Waals surface area contributed by atoms with Gasteiger partial charge in [-0.15, -0.1) is 12.4 Å². The van der Waals surface area contributed by atoms with Gasteiger partial charge in [0.2, 0.25) is 5.91 Å². The molecule has 6 heteroatoms. The molecule has 1 aromatic carbocycles. The van der Waals surface area contributed by atoms with Crippen LogP contribution in [0.1, 0.15) is 20.8 Å². The fourth-order valence-electron chi connectivity index (χ4n) is 2.03. The molecular weight excluding hydrogens is 321 g/mol. The molecule has 1 rings (SSSR count). The summed E-state index contributed by atoms with van der Waals surface area (Å²) in [6.07, 6.45) is 0. The van der Waals surface area contributed by atoms with Crippen LogP contribution in [0.4, 0.5) is 5.69 Å². The lowest BCUT2D eigenvalue weighted by Gasteiger charge is -2.27. The number of para-hydroxylation sites is 1. The molecule has 0 heterocycles. The van der Waals surface area contributed by atoms with Crippen LogP contribution in [0.5, 0.6) is 0 Å². The second-order valence-electron chi connectivity index (χ2n) is 5.15. The lowest BCUT2D eigenvalue weighted by Crippen LogP contribution is -2.43. The van der Waals surface area contributed by atoms with Gasteiger partial charge < -0.3 is 10.2 Å². The van der Waals surface area contributed by atoms with E-state index in [0.717, 1.165) is 26.2 Å². The zero-order chi connectivity index (χ0) is 15.8. The molecule has 0 aliphatic carbocycles. The van der Waals surface area contributed by atoms with Crippen molar-refractivity contribution in [3.63, 3.8) is 0 Å². The van der Waals surface area contributed by atoms with Gasteiger partial charge in [-0.25, -0.2) is 0 Å². The highest BCUT2D eigenvalue weighted by atomic mass is 35.5. The maximum absolute atomic E-state index is 12.3. The highest BCUT2D eigenvalue weighted by Crippen LogP contribution is 2.20. The van der Waals surface area contributed by atoms with E-state index in [2.05, 4.69) is 29.0 Å². The summed E-state index contributed by atoms with van der Waals surface area (Å²) in [5.41, 5.74) is 0.660. The molecule has 0 aliphatic heterocycles. The topological polar surface area (TPSA) is 35.6 Å². The van der Waals surface area contributed by atoms with Crippen LogP contribution in [-0.4, -0.2) is 55.0 Å². The first-order chi connectivity index (χ1) is 9.99. The van der Waals surface area contributed by atoms with Crippen LogP contribution in [0.25, 0.3) is 0 Å². The van der Waals surface area contributed by atoms with Gasteiger partial charge in [-0.05, 0) is 39.2 Å². The molecule has 1 amide bonds. The zero-order valence-electron chi connectivity index (χ0n) is 13.8. The van der Waals surface area contributed by atoms with Crippen molar-refractivity contribution < 1.29 is 4.79 Å². The van der Waals surface area contributed by atoms with Gasteiger partial charge in [0.25, 0.3) is 0 Å². The SMILES string of the molecule is CCN(CC)CCN(C)C(C)C(=O)Nc1ccccc1Cl.Cl. The van der Waals surface area contributed by atoms with Gasteiger partial charge in [-0.1, -0.05) is 37.6 Å². The second kappa shape index (κ2) is 10.8. The molecule has 0 aromatic heterocycles. The highest BCUT2D eigenvalue weighted by Gasteiger charge is 2.19. The first kappa shape index (κ1) is 21.2. The molecule has 0 bridgehead atoms. The molecule has 0 radical (unpaired) electrons. The smallest absolute Gasteiger partial charge is 0.241 e. The summed E-state index contributed by atoms with van der Waals surface area (Å²) in [6.45, 7) is 10.1. The van der Waals surface area contributed by atoms with Gasteiger partial charge in [0, 0.05) is 13.1 Å². The minimum atomic E-state index is -0.197. The Labute approximate surface area is 145 Å². The Bertz CT molecular complexity index is 453. The first-order valence-electron chi connectivity index (χ1n) is 7.47. The standard InChI is InChI=1S/C16H26ClN3O.ClH/c1-5-20(6-2)12-11-19(4)13(3)16(21)18-15-10-8-7-9-14(15)17;/h7-10,13H,5-6,11-12H2,1-4H3,(H,18,21);1H. The van der Waals surface area contributed by atoms with Crippen LogP contribution in [0.2, 0.25) is 5.02 Å². The molecule has 0 fully saturated rings. The van der Waals surface area contributed by atoms with E-state index in [4.69, 9.17) is 11.6 Å². The fraction of sp³-hybridized carbons (Fsp3) is 0.562. The van der Waals surface area contributed by atoms with Crippen LogP contribution in [0.3, 0.4) is 0 Å². The Morgan fingerprint density at radius 1 is 1.23 bits per heavy atom. The van der Waals surface area contributed by atoms with E-state index in [1.807, 2.05) is 32.2 Å². The third-order valence-corrected chi connectivity index (χ3v) is 4.17. The third kappa shape index (κ3) is 6.53. The second-order valence-corrected chi connectivity index (χ2v) is 5.56. The van der Waals surface area contributed by atoms with Crippen molar-refractivity contribution >= 4 is 35.6 Å². The normalized spacial score (nSPS) is 12.1. The maximum Gasteiger partial charge on any atom is 0.241 e. The van der Waals surface area contributed by atoms with Crippen LogP contribution in [0, 0.1) is 0 Å². The van der Waals surface area contributed by atoms with E-state index < -0.39 is 0 Å². The largest absolute Gasteiger partial charge is 0.323 e. The van der Waals surface area contributed by atoms with Gasteiger partial charge in [0.05, 0.1) is 16.8 Å². The quantitative estimate of drug-likeness (QED) is 0.783. The van der Waals surface area contributed by atoms with Crippen molar-refractivity contribution in [1.82, 2.24) is 9.80 Å². The number of rotatable bonds is 8. The number of hydrogen-bond donors (Lipinski definition) is 1. The Kier molecular flexibility index (Phi) is 10.4. The minimum Gasteiger partial charge on any atom is -0.323 e. The van der Waals surface area contributed by atoms with E-state index in [0.29, 0.717) is 10.7 Å². The number of likely N-dealkylation sites (N-methyl/N-ethyl adjacent to an activating group) is 2. The van der Waals surface area contributed by atoms with Gasteiger partial charge in [0.15, 0.2) is 0 Å². The molecule has 0 aliphatic rings. The number of nitrogens with one attached hydrogen (secondary N) is 1. The summed E-state index contributed by atoms with van der Waals surface area (Å²) >= 11 is 6.06. The molecule has 4 nitrogen and oxygen atoms in total. The Morgan fingerprint density at radius 3 is 2.36 bits per heavy atom. The minimum absolute atomic E-state index is 0. The van der Waals surface area contributed by atoms with Crippen molar-refractivity contribution in [2.75, 3.05) is 38.5 Å². The molecular formula is C16H27Cl2N3O. The van der Waals surface area contributed by atoms with E-state index >= 15 is 0 Å². The number of carbonyl (C=O) groups excluding carboxylic acids is 1. The summed E-state index contributed by atoms with van der Waals surface area (Å²) in [6, 6.07) is 7.08. The van der Waals surface area contributed by atoms with Crippen molar-refractivity contribution in [2.45, 2.75) is 26.8 Å². The average molecular weight is 348 g/mol. The van der Waals surface area contributed by atoms with Crippen LogP contribution < -0.4 is 5.32 Å². The summed E-state index contributed by atoms with van der Waals surface area (Å²) in [5, 5.41) is 3.44. The van der Waals surface area contributed by atoms with E-state index in [1.54, 1.807) is 6.07 Å². The fourth-order valence-corrected chi connectivity index (χ4v) is 2.22. The van der Waals surface area contributed by atoms with Gasteiger partial charge in [0.1, 0.15) is 0 Å². The maximum atomic E-state index is 12.3. The third-order valence-electron chi connectivity index (χ3n) is 3.84. The van der Waals surface area contributed by atoms with Crippen molar-refractivity contribution in [2.24, 2.45) is 0 Å². The number of anilines is 1. The molecule has 0 saturated heterocycles.